The largest absolute Gasteiger partial charge is 0.311 e. The Morgan fingerprint density at radius 3 is 2.95 bits per heavy atom. The Bertz CT molecular complexity index is 512. The summed E-state index contributed by atoms with van der Waals surface area (Å²) >= 11 is 1.68. The van der Waals surface area contributed by atoms with E-state index >= 15 is 0 Å². The summed E-state index contributed by atoms with van der Waals surface area (Å²) in [6, 6.07) is 11.9. The maximum absolute atomic E-state index is 4.39. The van der Waals surface area contributed by atoms with Crippen LogP contribution in [0.1, 0.15) is 24.2 Å². The van der Waals surface area contributed by atoms with Crippen molar-refractivity contribution in [3.63, 3.8) is 0 Å². The van der Waals surface area contributed by atoms with E-state index < -0.39 is 0 Å². The van der Waals surface area contributed by atoms with E-state index in [1.54, 1.807) is 11.3 Å². The van der Waals surface area contributed by atoms with E-state index in [0.29, 0.717) is 12.1 Å². The molecular formula is C16H21N3S. The quantitative estimate of drug-likeness (QED) is 0.937. The van der Waals surface area contributed by atoms with Crippen molar-refractivity contribution >= 4 is 11.3 Å². The smallest absolute Gasteiger partial charge is 0.0794 e. The lowest BCUT2D eigenvalue weighted by Crippen LogP contribution is -2.51. The normalized spacial score (nSPS) is 23.9. The van der Waals surface area contributed by atoms with Crippen molar-refractivity contribution in [3.8, 4) is 0 Å². The second-order valence-electron chi connectivity index (χ2n) is 5.46. The molecule has 0 spiro atoms. The Morgan fingerprint density at radius 1 is 1.35 bits per heavy atom. The molecule has 106 valence electrons. The molecule has 3 nitrogen and oxygen atoms in total. The van der Waals surface area contributed by atoms with Gasteiger partial charge in [0, 0.05) is 43.5 Å². The third kappa shape index (κ3) is 3.26. The molecule has 3 rings (SSSR count). The van der Waals surface area contributed by atoms with Crippen LogP contribution in [-0.2, 0) is 6.42 Å². The zero-order valence-corrected chi connectivity index (χ0v) is 12.6. The van der Waals surface area contributed by atoms with Crippen molar-refractivity contribution in [1.29, 1.82) is 0 Å². The van der Waals surface area contributed by atoms with Crippen molar-refractivity contribution in [3.05, 3.63) is 52.5 Å². The molecule has 0 saturated carbocycles. The molecule has 1 fully saturated rings. The van der Waals surface area contributed by atoms with E-state index in [9.17, 15) is 0 Å². The molecule has 1 aliphatic heterocycles. The van der Waals surface area contributed by atoms with Gasteiger partial charge in [-0.15, -0.1) is 11.3 Å². The van der Waals surface area contributed by atoms with Gasteiger partial charge in [0.2, 0.25) is 0 Å². The third-order valence-corrected chi connectivity index (χ3v) is 4.57. The minimum Gasteiger partial charge on any atom is -0.311 e. The summed E-state index contributed by atoms with van der Waals surface area (Å²) in [5.41, 5.74) is 4.54. The number of rotatable bonds is 4. The Hall–Kier alpha value is -1.23. The number of piperazine rings is 1. The molecule has 2 atom stereocenters. The maximum Gasteiger partial charge on any atom is 0.0794 e. The minimum atomic E-state index is 0.478. The second-order valence-corrected chi connectivity index (χ2v) is 6.18. The molecule has 0 bridgehead atoms. The molecule has 20 heavy (non-hydrogen) atoms. The van der Waals surface area contributed by atoms with Crippen LogP contribution in [0, 0.1) is 0 Å². The van der Waals surface area contributed by atoms with Gasteiger partial charge in [0.1, 0.15) is 0 Å². The predicted molar refractivity (Wildman–Crippen MR) is 84.0 cm³/mol. The predicted octanol–water partition coefficient (Wildman–Crippen LogP) is 2.72. The molecule has 1 aromatic heterocycles. The Labute approximate surface area is 124 Å². The van der Waals surface area contributed by atoms with Crippen LogP contribution < -0.4 is 5.32 Å². The molecule has 1 saturated heterocycles. The van der Waals surface area contributed by atoms with E-state index in [1.165, 1.54) is 11.3 Å². The molecule has 0 amide bonds. The van der Waals surface area contributed by atoms with Gasteiger partial charge in [0.15, 0.2) is 0 Å². The van der Waals surface area contributed by atoms with E-state index in [0.717, 1.165) is 26.1 Å². The molecule has 1 N–H and O–H groups in total. The molecule has 0 aliphatic carbocycles. The highest BCUT2D eigenvalue weighted by Crippen LogP contribution is 2.23. The first kappa shape index (κ1) is 13.7. The molecule has 4 heteroatoms. The fourth-order valence-electron chi connectivity index (χ4n) is 2.86. The van der Waals surface area contributed by atoms with Gasteiger partial charge < -0.3 is 5.32 Å². The first-order valence-corrected chi connectivity index (χ1v) is 8.16. The summed E-state index contributed by atoms with van der Waals surface area (Å²) in [4.78, 5) is 6.99. The van der Waals surface area contributed by atoms with Gasteiger partial charge in [-0.05, 0) is 12.5 Å². The highest BCUT2D eigenvalue weighted by molar-refractivity contribution is 7.07. The lowest BCUT2D eigenvalue weighted by atomic mass is 10.0. The summed E-state index contributed by atoms with van der Waals surface area (Å²) in [6.07, 6.45) is 1.04. The number of nitrogens with one attached hydrogen (secondary N) is 1. The summed E-state index contributed by atoms with van der Waals surface area (Å²) in [5.74, 6) is 0. The van der Waals surface area contributed by atoms with Crippen LogP contribution in [-0.4, -0.2) is 35.6 Å². The molecule has 1 aliphatic rings. The standard InChI is InChI=1S/C16H21N3S/c1-13-10-19(8-7-15-11-20-12-18-15)16(9-17-13)14-5-3-2-4-6-14/h2-6,11-13,16-17H,7-10H2,1H3. The third-order valence-electron chi connectivity index (χ3n) is 3.93. The molecule has 0 radical (unpaired) electrons. The first-order chi connectivity index (χ1) is 9.83. The highest BCUT2D eigenvalue weighted by Gasteiger charge is 2.26. The highest BCUT2D eigenvalue weighted by atomic mass is 32.1. The minimum absolute atomic E-state index is 0.478. The lowest BCUT2D eigenvalue weighted by molar-refractivity contribution is 0.137. The van der Waals surface area contributed by atoms with Crippen LogP contribution >= 0.6 is 11.3 Å². The Kier molecular flexibility index (Phi) is 4.45. The van der Waals surface area contributed by atoms with E-state index in [1.807, 2.05) is 5.51 Å². The average molecular weight is 287 g/mol. The van der Waals surface area contributed by atoms with Crippen LogP contribution in [0.15, 0.2) is 41.2 Å². The van der Waals surface area contributed by atoms with Crippen molar-refractivity contribution in [1.82, 2.24) is 15.2 Å². The van der Waals surface area contributed by atoms with Gasteiger partial charge >= 0.3 is 0 Å². The van der Waals surface area contributed by atoms with E-state index in [-0.39, 0.29) is 0 Å². The molecule has 2 aromatic rings. The van der Waals surface area contributed by atoms with Gasteiger partial charge in [-0.25, -0.2) is 4.98 Å². The Morgan fingerprint density at radius 2 is 2.20 bits per heavy atom. The first-order valence-electron chi connectivity index (χ1n) is 7.22. The average Bonchev–Trinajstić information content (AvgIpc) is 2.99. The zero-order chi connectivity index (χ0) is 13.8. The zero-order valence-electron chi connectivity index (χ0n) is 11.8. The van der Waals surface area contributed by atoms with Crippen LogP contribution in [0.4, 0.5) is 0 Å². The summed E-state index contributed by atoms with van der Waals surface area (Å²) < 4.78 is 0. The molecule has 2 heterocycles. The van der Waals surface area contributed by atoms with Crippen LogP contribution in [0.25, 0.3) is 0 Å². The summed E-state index contributed by atoms with van der Waals surface area (Å²) in [6.45, 7) is 5.47. The van der Waals surface area contributed by atoms with Crippen molar-refractivity contribution in [2.24, 2.45) is 0 Å². The van der Waals surface area contributed by atoms with Crippen molar-refractivity contribution in [2.45, 2.75) is 25.4 Å². The second kappa shape index (κ2) is 6.48. The lowest BCUT2D eigenvalue weighted by Gasteiger charge is -2.39. The van der Waals surface area contributed by atoms with Gasteiger partial charge in [0.25, 0.3) is 0 Å². The van der Waals surface area contributed by atoms with Crippen LogP contribution in [0.2, 0.25) is 0 Å². The van der Waals surface area contributed by atoms with E-state index in [4.69, 9.17) is 0 Å². The topological polar surface area (TPSA) is 28.2 Å². The number of benzene rings is 1. The molecule has 1 aromatic carbocycles. The van der Waals surface area contributed by atoms with Gasteiger partial charge in [-0.2, -0.15) is 0 Å². The monoisotopic (exact) mass is 287 g/mol. The van der Waals surface area contributed by atoms with E-state index in [2.05, 4.69) is 57.8 Å². The van der Waals surface area contributed by atoms with Crippen molar-refractivity contribution in [2.75, 3.05) is 19.6 Å². The SMILES string of the molecule is CC1CN(CCc2cscn2)C(c2ccccc2)CN1. The number of hydrogen-bond donors (Lipinski definition) is 1. The number of hydrogen-bond acceptors (Lipinski definition) is 4. The maximum atomic E-state index is 4.39. The van der Waals surface area contributed by atoms with Gasteiger partial charge in [-0.3, -0.25) is 4.90 Å². The van der Waals surface area contributed by atoms with Crippen molar-refractivity contribution < 1.29 is 0 Å². The van der Waals surface area contributed by atoms with Crippen LogP contribution in [0.5, 0.6) is 0 Å². The molecule has 2 unspecified atom stereocenters. The van der Waals surface area contributed by atoms with Gasteiger partial charge in [-0.1, -0.05) is 30.3 Å². The fourth-order valence-corrected chi connectivity index (χ4v) is 3.45. The summed E-state index contributed by atoms with van der Waals surface area (Å²) in [5, 5.41) is 5.75. The fraction of sp³-hybridized carbons (Fsp3) is 0.438. The number of nitrogens with zero attached hydrogens (tertiary/aromatic N) is 2. The van der Waals surface area contributed by atoms with Gasteiger partial charge in [0.05, 0.1) is 11.2 Å². The summed E-state index contributed by atoms with van der Waals surface area (Å²) in [7, 11) is 0. The number of thiazole rings is 1. The molecular weight excluding hydrogens is 266 g/mol. The van der Waals surface area contributed by atoms with Crippen LogP contribution in [0.3, 0.4) is 0 Å². The number of aromatic nitrogens is 1. The Balaban J connectivity index is 1.70.